The number of benzene rings is 1. The number of aliphatic carboxylic acids is 1. The molecule has 112 valence electrons. The summed E-state index contributed by atoms with van der Waals surface area (Å²) in [7, 11) is -3.48. The molecule has 0 radical (unpaired) electrons. The number of hydrogen-bond donors (Lipinski definition) is 2. The lowest BCUT2D eigenvalue weighted by atomic mass is 10.3. The van der Waals surface area contributed by atoms with Crippen molar-refractivity contribution >= 4 is 27.8 Å². The van der Waals surface area contributed by atoms with Crippen LogP contribution in [0.3, 0.4) is 0 Å². The topological polar surface area (TPSA) is 83.5 Å². The fraction of sp³-hybridized carbons (Fsp3) is 0.462. The van der Waals surface area contributed by atoms with Gasteiger partial charge in [-0.15, -0.1) is 11.8 Å². The van der Waals surface area contributed by atoms with Gasteiger partial charge in [-0.1, -0.05) is 6.92 Å². The van der Waals surface area contributed by atoms with Gasteiger partial charge in [-0.05, 0) is 38.1 Å². The van der Waals surface area contributed by atoms with Crippen molar-refractivity contribution in [3.05, 3.63) is 24.3 Å². The van der Waals surface area contributed by atoms with E-state index in [1.54, 1.807) is 26.0 Å². The summed E-state index contributed by atoms with van der Waals surface area (Å²) in [5, 5.41) is 8.63. The van der Waals surface area contributed by atoms with E-state index < -0.39 is 16.0 Å². The molecule has 1 aromatic rings. The lowest BCUT2D eigenvalue weighted by Gasteiger charge is -2.11. The molecule has 1 aromatic carbocycles. The molecule has 0 aromatic heterocycles. The molecule has 1 atom stereocenters. The first kappa shape index (κ1) is 17.0. The van der Waals surface area contributed by atoms with Crippen LogP contribution >= 0.6 is 11.8 Å². The van der Waals surface area contributed by atoms with Gasteiger partial charge in [-0.25, -0.2) is 13.1 Å². The first-order valence-electron chi connectivity index (χ1n) is 6.21. The van der Waals surface area contributed by atoms with Crippen molar-refractivity contribution in [2.75, 3.05) is 0 Å². The zero-order chi connectivity index (χ0) is 15.3. The number of carboxylic acids is 1. The van der Waals surface area contributed by atoms with Crippen molar-refractivity contribution in [1.82, 2.24) is 4.72 Å². The zero-order valence-corrected chi connectivity index (χ0v) is 13.3. The van der Waals surface area contributed by atoms with Gasteiger partial charge in [0.2, 0.25) is 10.0 Å². The van der Waals surface area contributed by atoms with Gasteiger partial charge in [0.25, 0.3) is 0 Å². The number of rotatable bonds is 7. The second-order valence-corrected chi connectivity index (χ2v) is 8.00. The van der Waals surface area contributed by atoms with E-state index in [9.17, 15) is 13.2 Å². The standard InChI is InChI=1S/C13H19NO4S2/c1-9(2)14-20(17,18)12-6-4-11(5-7-12)19-10(3)8-13(15)16/h4-7,9-10,14H,8H2,1-3H3,(H,15,16). The smallest absolute Gasteiger partial charge is 0.304 e. The van der Waals surface area contributed by atoms with Gasteiger partial charge in [-0.3, -0.25) is 4.79 Å². The van der Waals surface area contributed by atoms with Gasteiger partial charge in [0, 0.05) is 16.2 Å². The van der Waals surface area contributed by atoms with Crippen LogP contribution in [0.2, 0.25) is 0 Å². The third kappa shape index (κ3) is 5.52. The molecular weight excluding hydrogens is 298 g/mol. The summed E-state index contributed by atoms with van der Waals surface area (Å²) in [6.45, 7) is 5.34. The van der Waals surface area contributed by atoms with Crippen molar-refractivity contribution in [3.63, 3.8) is 0 Å². The molecule has 0 saturated carbocycles. The highest BCUT2D eigenvalue weighted by Crippen LogP contribution is 2.26. The fourth-order valence-corrected chi connectivity index (χ4v) is 3.83. The number of carbonyl (C=O) groups is 1. The molecule has 0 bridgehead atoms. The highest BCUT2D eigenvalue weighted by Gasteiger charge is 2.15. The van der Waals surface area contributed by atoms with Crippen LogP contribution in [0.1, 0.15) is 27.2 Å². The Balaban J connectivity index is 2.76. The molecule has 0 saturated heterocycles. The summed E-state index contributed by atoms with van der Waals surface area (Å²) in [5.74, 6) is -0.842. The van der Waals surface area contributed by atoms with Crippen molar-refractivity contribution < 1.29 is 18.3 Å². The lowest BCUT2D eigenvalue weighted by molar-refractivity contribution is -0.136. The summed E-state index contributed by atoms with van der Waals surface area (Å²) in [6.07, 6.45) is 0.0691. The van der Waals surface area contributed by atoms with E-state index in [0.29, 0.717) is 0 Å². The Bertz CT molecular complexity index is 552. The second-order valence-electron chi connectivity index (χ2n) is 4.77. The molecule has 0 amide bonds. The molecular formula is C13H19NO4S2. The highest BCUT2D eigenvalue weighted by molar-refractivity contribution is 8.00. The summed E-state index contributed by atoms with van der Waals surface area (Å²) < 4.78 is 26.4. The molecule has 5 nitrogen and oxygen atoms in total. The molecule has 0 aliphatic heterocycles. The normalized spacial score (nSPS) is 13.4. The molecule has 0 spiro atoms. The van der Waals surface area contributed by atoms with Crippen LogP contribution in [0.25, 0.3) is 0 Å². The van der Waals surface area contributed by atoms with Crippen LogP contribution in [-0.2, 0) is 14.8 Å². The summed E-state index contributed by atoms with van der Waals surface area (Å²) in [6, 6.07) is 6.28. The van der Waals surface area contributed by atoms with Gasteiger partial charge in [0.05, 0.1) is 11.3 Å². The first-order chi connectivity index (χ1) is 9.20. The largest absolute Gasteiger partial charge is 0.481 e. The lowest BCUT2D eigenvalue weighted by Crippen LogP contribution is -2.30. The van der Waals surface area contributed by atoms with E-state index in [1.165, 1.54) is 23.9 Å². The molecule has 7 heteroatoms. The van der Waals surface area contributed by atoms with Crippen molar-refractivity contribution in [3.8, 4) is 0 Å². The molecule has 0 fully saturated rings. The summed E-state index contributed by atoms with van der Waals surface area (Å²) in [4.78, 5) is 11.6. The zero-order valence-electron chi connectivity index (χ0n) is 11.7. The average Bonchev–Trinajstić information content (AvgIpc) is 2.26. The Morgan fingerprint density at radius 3 is 2.25 bits per heavy atom. The minimum absolute atomic E-state index is 0.0660. The van der Waals surface area contributed by atoms with E-state index in [0.717, 1.165) is 4.90 Å². The molecule has 0 aliphatic carbocycles. The maximum absolute atomic E-state index is 11.9. The molecule has 2 N–H and O–H groups in total. The predicted molar refractivity (Wildman–Crippen MR) is 79.5 cm³/mol. The van der Waals surface area contributed by atoms with Crippen molar-refractivity contribution in [1.29, 1.82) is 0 Å². The van der Waals surface area contributed by atoms with Crippen LogP contribution in [0.5, 0.6) is 0 Å². The molecule has 1 unspecified atom stereocenters. The number of carboxylic acid groups (broad SMARTS) is 1. The monoisotopic (exact) mass is 317 g/mol. The van der Waals surface area contributed by atoms with Crippen LogP contribution in [-0.4, -0.2) is 30.8 Å². The average molecular weight is 317 g/mol. The molecule has 20 heavy (non-hydrogen) atoms. The molecule has 0 heterocycles. The third-order valence-electron chi connectivity index (χ3n) is 2.32. The van der Waals surface area contributed by atoms with E-state index in [4.69, 9.17) is 5.11 Å². The van der Waals surface area contributed by atoms with Gasteiger partial charge in [0.15, 0.2) is 0 Å². The first-order valence-corrected chi connectivity index (χ1v) is 8.58. The highest BCUT2D eigenvalue weighted by atomic mass is 32.2. The molecule has 0 aliphatic rings. The summed E-state index contributed by atoms with van der Waals surface area (Å²) >= 11 is 1.41. The number of hydrogen-bond acceptors (Lipinski definition) is 4. The summed E-state index contributed by atoms with van der Waals surface area (Å²) in [5.41, 5.74) is 0. The van der Waals surface area contributed by atoms with E-state index >= 15 is 0 Å². The quantitative estimate of drug-likeness (QED) is 0.754. The Hall–Kier alpha value is -1.05. The van der Waals surface area contributed by atoms with Gasteiger partial charge in [-0.2, -0.15) is 0 Å². The third-order valence-corrected chi connectivity index (χ3v) is 5.11. The van der Waals surface area contributed by atoms with Crippen LogP contribution in [0, 0.1) is 0 Å². The van der Waals surface area contributed by atoms with Gasteiger partial charge < -0.3 is 5.11 Å². The number of nitrogens with one attached hydrogen (secondary N) is 1. The van der Waals surface area contributed by atoms with Crippen molar-refractivity contribution in [2.45, 2.75) is 48.3 Å². The fourth-order valence-electron chi connectivity index (χ4n) is 1.60. The van der Waals surface area contributed by atoms with Crippen LogP contribution < -0.4 is 4.72 Å². The molecule has 1 rings (SSSR count). The predicted octanol–water partition coefficient (Wildman–Crippen LogP) is 2.33. The van der Waals surface area contributed by atoms with Gasteiger partial charge in [0.1, 0.15) is 0 Å². The Morgan fingerprint density at radius 1 is 1.25 bits per heavy atom. The number of sulfonamides is 1. The number of thioether (sulfide) groups is 1. The minimum Gasteiger partial charge on any atom is -0.481 e. The Labute approximate surface area is 123 Å². The van der Waals surface area contributed by atoms with Crippen molar-refractivity contribution in [2.24, 2.45) is 0 Å². The van der Waals surface area contributed by atoms with E-state index in [1.807, 2.05) is 6.92 Å². The van der Waals surface area contributed by atoms with Crippen LogP contribution in [0.15, 0.2) is 34.1 Å². The van der Waals surface area contributed by atoms with Crippen LogP contribution in [0.4, 0.5) is 0 Å². The maximum atomic E-state index is 11.9. The maximum Gasteiger partial charge on any atom is 0.304 e. The Morgan fingerprint density at radius 2 is 1.80 bits per heavy atom. The van der Waals surface area contributed by atoms with E-state index in [2.05, 4.69) is 4.72 Å². The van der Waals surface area contributed by atoms with Gasteiger partial charge >= 0.3 is 5.97 Å². The van der Waals surface area contributed by atoms with E-state index in [-0.39, 0.29) is 22.6 Å². The Kier molecular flexibility index (Phi) is 6.04. The SMILES string of the molecule is CC(C)NS(=O)(=O)c1ccc(SC(C)CC(=O)O)cc1. The second kappa shape index (κ2) is 7.10. The minimum atomic E-state index is -3.48.